The molecule has 1 fully saturated rings. The first-order valence-electron chi connectivity index (χ1n) is 13.1. The van der Waals surface area contributed by atoms with E-state index in [4.69, 9.17) is 0 Å². The van der Waals surface area contributed by atoms with Crippen LogP contribution in [0.15, 0.2) is 0 Å². The summed E-state index contributed by atoms with van der Waals surface area (Å²) in [5.41, 5.74) is 0. The van der Waals surface area contributed by atoms with Gasteiger partial charge in [-0.05, 0) is 77.2 Å². The highest BCUT2D eigenvalue weighted by molar-refractivity contribution is 5.72. The van der Waals surface area contributed by atoms with Crippen LogP contribution in [-0.4, -0.2) is 51.2 Å². The van der Waals surface area contributed by atoms with Gasteiger partial charge < -0.3 is 21.3 Å². The van der Waals surface area contributed by atoms with Crippen LogP contribution in [0.4, 0.5) is 0 Å². The molecule has 0 bridgehead atoms. The van der Waals surface area contributed by atoms with Crippen LogP contribution in [-0.2, 0) is 4.79 Å². The second-order valence-electron chi connectivity index (χ2n) is 9.18. The Balaban J connectivity index is 1.94. The molecule has 1 rings (SSSR count). The predicted molar refractivity (Wildman–Crippen MR) is 130 cm³/mol. The molecule has 0 spiro atoms. The summed E-state index contributed by atoms with van der Waals surface area (Å²) in [4.78, 5) is 10.8. The van der Waals surface area contributed by atoms with E-state index in [0.717, 1.165) is 31.5 Å². The van der Waals surface area contributed by atoms with Crippen LogP contribution in [0.1, 0.15) is 104 Å². The van der Waals surface area contributed by atoms with E-state index in [1.54, 1.807) is 6.92 Å². The number of unbranched alkanes of at least 4 members (excludes halogenated alkanes) is 8. The molecule has 30 heavy (non-hydrogen) atoms. The summed E-state index contributed by atoms with van der Waals surface area (Å²) in [5.74, 6) is 0.910. The summed E-state index contributed by atoms with van der Waals surface area (Å²) >= 11 is 0. The highest BCUT2D eigenvalue weighted by Gasteiger charge is 2.23. The van der Waals surface area contributed by atoms with Gasteiger partial charge in [0.15, 0.2) is 0 Å². The van der Waals surface area contributed by atoms with Gasteiger partial charge >= 0.3 is 0 Å². The normalized spacial score (nSPS) is 19.1. The van der Waals surface area contributed by atoms with Gasteiger partial charge in [0, 0.05) is 19.5 Å². The standard InChI is InChI=1S/C25H52N4O/c1-3-26-18-12-8-9-15-21-29-25-17-11-10-16-24(25)22-27-19-13-6-4-5-7-14-20-28-23(2)30/h24-27,29H,3-22H2,1-2H3,(H,28,30)/t24-,25-/m0/s1. The van der Waals surface area contributed by atoms with Crippen molar-refractivity contribution in [2.24, 2.45) is 5.92 Å². The van der Waals surface area contributed by atoms with Gasteiger partial charge in [-0.15, -0.1) is 0 Å². The van der Waals surface area contributed by atoms with Crippen molar-refractivity contribution in [3.05, 3.63) is 0 Å². The van der Waals surface area contributed by atoms with E-state index < -0.39 is 0 Å². The third kappa shape index (κ3) is 16.1. The van der Waals surface area contributed by atoms with E-state index in [-0.39, 0.29) is 5.91 Å². The SMILES string of the molecule is CCNCCCCCCN[C@H]1CCCC[C@H]1CNCCCCCCCCNC(C)=O. The van der Waals surface area contributed by atoms with Crippen LogP contribution in [0, 0.1) is 5.92 Å². The Hall–Kier alpha value is -0.650. The van der Waals surface area contributed by atoms with Crippen LogP contribution >= 0.6 is 0 Å². The summed E-state index contributed by atoms with van der Waals surface area (Å²) in [6.45, 7) is 10.4. The number of nitrogens with one attached hydrogen (secondary N) is 4. The topological polar surface area (TPSA) is 65.2 Å². The van der Waals surface area contributed by atoms with Crippen molar-refractivity contribution in [3.8, 4) is 0 Å². The Bertz CT molecular complexity index is 391. The summed E-state index contributed by atoms with van der Waals surface area (Å²) in [5, 5.41) is 13.9. The molecule has 0 aliphatic heterocycles. The number of rotatable bonds is 20. The Morgan fingerprint density at radius 1 is 0.733 bits per heavy atom. The molecule has 0 aromatic rings. The Morgan fingerprint density at radius 2 is 1.30 bits per heavy atom. The van der Waals surface area contributed by atoms with Crippen LogP contribution in [0.5, 0.6) is 0 Å². The maximum atomic E-state index is 10.8. The molecule has 0 aromatic heterocycles. The molecule has 0 radical (unpaired) electrons. The van der Waals surface area contributed by atoms with Crippen molar-refractivity contribution >= 4 is 5.91 Å². The number of carbonyl (C=O) groups excluding carboxylic acids is 1. The zero-order valence-corrected chi connectivity index (χ0v) is 20.2. The molecule has 0 unspecified atom stereocenters. The van der Waals surface area contributed by atoms with Gasteiger partial charge in [-0.25, -0.2) is 0 Å². The summed E-state index contributed by atoms with van der Waals surface area (Å²) in [7, 11) is 0. The van der Waals surface area contributed by atoms with Gasteiger partial charge in [-0.1, -0.05) is 58.3 Å². The van der Waals surface area contributed by atoms with E-state index >= 15 is 0 Å². The monoisotopic (exact) mass is 424 g/mol. The second-order valence-corrected chi connectivity index (χ2v) is 9.18. The van der Waals surface area contributed by atoms with Crippen molar-refractivity contribution in [1.82, 2.24) is 21.3 Å². The fourth-order valence-corrected chi connectivity index (χ4v) is 4.55. The molecule has 2 atom stereocenters. The first-order chi connectivity index (χ1) is 14.7. The Kier molecular flexibility index (Phi) is 18.5. The third-order valence-electron chi connectivity index (χ3n) is 6.41. The van der Waals surface area contributed by atoms with E-state index in [2.05, 4.69) is 28.2 Å². The highest BCUT2D eigenvalue weighted by atomic mass is 16.1. The van der Waals surface area contributed by atoms with Crippen molar-refractivity contribution in [2.75, 3.05) is 39.3 Å². The Morgan fingerprint density at radius 3 is 1.97 bits per heavy atom. The maximum absolute atomic E-state index is 10.8. The molecule has 1 aliphatic rings. The highest BCUT2D eigenvalue weighted by Crippen LogP contribution is 2.24. The largest absolute Gasteiger partial charge is 0.356 e. The average Bonchev–Trinajstić information content (AvgIpc) is 2.74. The van der Waals surface area contributed by atoms with Gasteiger partial charge in [0.25, 0.3) is 0 Å². The fraction of sp³-hybridized carbons (Fsp3) is 0.960. The Labute approximate surface area is 187 Å². The quantitative estimate of drug-likeness (QED) is 0.219. The van der Waals surface area contributed by atoms with E-state index in [0.29, 0.717) is 0 Å². The van der Waals surface area contributed by atoms with Crippen molar-refractivity contribution in [2.45, 2.75) is 110 Å². The van der Waals surface area contributed by atoms with Crippen molar-refractivity contribution in [1.29, 1.82) is 0 Å². The number of hydrogen-bond donors (Lipinski definition) is 4. The van der Waals surface area contributed by atoms with Gasteiger partial charge in [-0.3, -0.25) is 4.79 Å². The van der Waals surface area contributed by atoms with Crippen LogP contribution < -0.4 is 21.3 Å². The van der Waals surface area contributed by atoms with E-state index in [9.17, 15) is 4.79 Å². The van der Waals surface area contributed by atoms with Gasteiger partial charge in [0.05, 0.1) is 0 Å². The van der Waals surface area contributed by atoms with Crippen LogP contribution in [0.2, 0.25) is 0 Å². The van der Waals surface area contributed by atoms with E-state index in [1.165, 1.54) is 110 Å². The fourth-order valence-electron chi connectivity index (χ4n) is 4.55. The lowest BCUT2D eigenvalue weighted by Gasteiger charge is -2.32. The molecule has 1 aliphatic carbocycles. The zero-order valence-electron chi connectivity index (χ0n) is 20.2. The zero-order chi connectivity index (χ0) is 21.7. The van der Waals surface area contributed by atoms with Crippen LogP contribution in [0.25, 0.3) is 0 Å². The number of carbonyl (C=O) groups is 1. The van der Waals surface area contributed by atoms with E-state index in [1.807, 2.05) is 0 Å². The number of hydrogen-bond acceptors (Lipinski definition) is 4. The lowest BCUT2D eigenvalue weighted by molar-refractivity contribution is -0.118. The lowest BCUT2D eigenvalue weighted by Crippen LogP contribution is -2.43. The molecule has 1 saturated carbocycles. The summed E-state index contributed by atoms with van der Waals surface area (Å²) in [6, 6.07) is 0.733. The summed E-state index contributed by atoms with van der Waals surface area (Å²) < 4.78 is 0. The minimum Gasteiger partial charge on any atom is -0.356 e. The van der Waals surface area contributed by atoms with Gasteiger partial charge in [0.1, 0.15) is 0 Å². The molecular formula is C25H52N4O. The molecular weight excluding hydrogens is 372 g/mol. The molecule has 178 valence electrons. The first-order valence-corrected chi connectivity index (χ1v) is 13.1. The predicted octanol–water partition coefficient (Wildman–Crippen LogP) is 4.37. The average molecular weight is 425 g/mol. The van der Waals surface area contributed by atoms with Crippen LogP contribution in [0.3, 0.4) is 0 Å². The molecule has 0 heterocycles. The lowest BCUT2D eigenvalue weighted by atomic mass is 9.84. The minimum absolute atomic E-state index is 0.0899. The molecule has 5 nitrogen and oxygen atoms in total. The van der Waals surface area contributed by atoms with Gasteiger partial charge in [-0.2, -0.15) is 0 Å². The molecule has 1 amide bonds. The second kappa shape index (κ2) is 20.3. The maximum Gasteiger partial charge on any atom is 0.216 e. The third-order valence-corrected chi connectivity index (χ3v) is 6.41. The first kappa shape index (κ1) is 27.4. The molecule has 0 saturated heterocycles. The van der Waals surface area contributed by atoms with Gasteiger partial charge in [0.2, 0.25) is 5.91 Å². The molecule has 4 N–H and O–H groups in total. The smallest absolute Gasteiger partial charge is 0.216 e. The van der Waals surface area contributed by atoms with Crippen molar-refractivity contribution < 1.29 is 4.79 Å². The molecule has 0 aromatic carbocycles. The summed E-state index contributed by atoms with van der Waals surface area (Å²) in [6.07, 6.45) is 18.5. The number of amides is 1. The van der Waals surface area contributed by atoms with Crippen molar-refractivity contribution in [3.63, 3.8) is 0 Å². The minimum atomic E-state index is 0.0899. The molecule has 5 heteroatoms.